The van der Waals surface area contributed by atoms with Crippen LogP contribution in [-0.2, 0) is 0 Å². The van der Waals surface area contributed by atoms with E-state index in [2.05, 4.69) is 20.2 Å². The number of anilines is 1. The average Bonchev–Trinajstić information content (AvgIpc) is 2.64. The molecule has 2 heterocycles. The Labute approximate surface area is 93.6 Å². The van der Waals surface area contributed by atoms with Crippen LogP contribution in [0.3, 0.4) is 0 Å². The van der Waals surface area contributed by atoms with Gasteiger partial charge in [-0.25, -0.2) is 0 Å². The molecule has 0 saturated carbocycles. The molecule has 8 nitrogen and oxygen atoms in total. The second kappa shape index (κ2) is 3.11. The lowest BCUT2D eigenvalue weighted by Crippen LogP contribution is -1.96. The number of hydrogen-bond acceptors (Lipinski definition) is 6. The molecule has 0 radical (unpaired) electrons. The average molecular weight is 230 g/mol. The number of benzene rings is 1. The number of nitrogens with zero attached hydrogens (tertiary/aromatic N) is 4. The molecule has 0 fully saturated rings. The molecule has 3 N–H and O–H groups in total. The number of hydrogen-bond donors (Lipinski definition) is 2. The van der Waals surface area contributed by atoms with Gasteiger partial charge in [-0.15, -0.1) is 10.2 Å². The van der Waals surface area contributed by atoms with E-state index >= 15 is 0 Å². The predicted molar refractivity (Wildman–Crippen MR) is 60.3 cm³/mol. The van der Waals surface area contributed by atoms with Crippen LogP contribution in [0.5, 0.6) is 0 Å². The summed E-state index contributed by atoms with van der Waals surface area (Å²) in [6, 6.07) is 4.45. The summed E-state index contributed by atoms with van der Waals surface area (Å²) in [6.07, 6.45) is 0. The number of non-ortho nitro benzene ring substituents is 1. The minimum atomic E-state index is -0.462. The molecule has 17 heavy (non-hydrogen) atoms. The number of aromatic nitrogens is 4. The van der Waals surface area contributed by atoms with Crippen molar-refractivity contribution in [1.29, 1.82) is 0 Å². The standard InChI is InChI=1S/C9H6N6O2/c10-9-12-8-7(13-14-9)5-3-4(15(16)17)1-2-6(5)11-8/h1-3H,(H3,10,11,12,14). The first-order valence-corrected chi connectivity index (χ1v) is 4.71. The molecule has 1 aromatic carbocycles. The number of nitro groups is 1. The molecule has 0 spiro atoms. The first-order valence-electron chi connectivity index (χ1n) is 4.71. The zero-order valence-electron chi connectivity index (χ0n) is 8.41. The Morgan fingerprint density at radius 2 is 2.18 bits per heavy atom. The maximum atomic E-state index is 10.7. The molecule has 0 saturated heterocycles. The van der Waals surface area contributed by atoms with Crippen LogP contribution in [0.15, 0.2) is 18.2 Å². The highest BCUT2D eigenvalue weighted by atomic mass is 16.6. The number of rotatable bonds is 1. The van der Waals surface area contributed by atoms with Gasteiger partial charge in [-0.05, 0) is 6.07 Å². The lowest BCUT2D eigenvalue weighted by atomic mass is 10.2. The van der Waals surface area contributed by atoms with Crippen LogP contribution in [0, 0.1) is 10.1 Å². The summed E-state index contributed by atoms with van der Waals surface area (Å²) in [5, 5.41) is 18.8. The fourth-order valence-electron chi connectivity index (χ4n) is 1.69. The third kappa shape index (κ3) is 1.34. The lowest BCUT2D eigenvalue weighted by Gasteiger charge is -1.91. The normalized spacial score (nSPS) is 11.1. The number of aromatic amines is 1. The molecule has 0 aliphatic carbocycles. The highest BCUT2D eigenvalue weighted by Crippen LogP contribution is 2.25. The van der Waals surface area contributed by atoms with E-state index in [1.54, 1.807) is 6.07 Å². The molecule has 2 aromatic heterocycles. The molecular formula is C9H6N6O2. The molecule has 0 bridgehead atoms. The summed E-state index contributed by atoms with van der Waals surface area (Å²) < 4.78 is 0. The van der Waals surface area contributed by atoms with E-state index in [0.29, 0.717) is 22.1 Å². The van der Waals surface area contributed by atoms with Crippen LogP contribution in [0.4, 0.5) is 11.6 Å². The first kappa shape index (κ1) is 9.46. The summed E-state index contributed by atoms with van der Waals surface area (Å²) in [5.41, 5.74) is 7.05. The highest BCUT2D eigenvalue weighted by molar-refractivity contribution is 6.04. The Morgan fingerprint density at radius 3 is 2.94 bits per heavy atom. The van der Waals surface area contributed by atoms with Crippen molar-refractivity contribution >= 4 is 33.7 Å². The van der Waals surface area contributed by atoms with Crippen LogP contribution in [0.1, 0.15) is 0 Å². The molecule has 8 heteroatoms. The Bertz CT molecular complexity index is 750. The molecule has 0 unspecified atom stereocenters. The zero-order valence-corrected chi connectivity index (χ0v) is 8.41. The number of nitrogens with two attached hydrogens (primary N) is 1. The monoisotopic (exact) mass is 230 g/mol. The van der Waals surface area contributed by atoms with Crippen LogP contribution in [0.25, 0.3) is 22.1 Å². The van der Waals surface area contributed by atoms with Crippen molar-refractivity contribution in [2.75, 3.05) is 5.73 Å². The zero-order chi connectivity index (χ0) is 12.0. The van der Waals surface area contributed by atoms with Gasteiger partial charge in [0.25, 0.3) is 5.69 Å². The molecule has 84 valence electrons. The Kier molecular flexibility index (Phi) is 1.73. The molecule has 0 atom stereocenters. The molecule has 0 aliphatic heterocycles. The Hall–Kier alpha value is -2.77. The highest BCUT2D eigenvalue weighted by Gasteiger charge is 2.12. The van der Waals surface area contributed by atoms with Gasteiger partial charge in [-0.2, -0.15) is 4.98 Å². The van der Waals surface area contributed by atoms with Gasteiger partial charge in [-0.3, -0.25) is 10.1 Å². The van der Waals surface area contributed by atoms with Gasteiger partial charge in [0.05, 0.1) is 4.92 Å². The van der Waals surface area contributed by atoms with Gasteiger partial charge < -0.3 is 10.7 Å². The minimum absolute atomic E-state index is 0.00275. The summed E-state index contributed by atoms with van der Waals surface area (Å²) in [6.45, 7) is 0. The van der Waals surface area contributed by atoms with Crippen LogP contribution in [-0.4, -0.2) is 25.1 Å². The van der Waals surface area contributed by atoms with Gasteiger partial charge in [0, 0.05) is 23.0 Å². The third-order valence-corrected chi connectivity index (χ3v) is 2.43. The van der Waals surface area contributed by atoms with Crippen LogP contribution in [0.2, 0.25) is 0 Å². The summed E-state index contributed by atoms with van der Waals surface area (Å²) >= 11 is 0. The lowest BCUT2D eigenvalue weighted by molar-refractivity contribution is -0.384. The smallest absolute Gasteiger partial charge is 0.270 e. The van der Waals surface area contributed by atoms with Crippen molar-refractivity contribution in [2.45, 2.75) is 0 Å². The number of nitrogens with one attached hydrogen (secondary N) is 1. The molecule has 0 aliphatic rings. The van der Waals surface area contributed by atoms with Crippen molar-refractivity contribution in [3.05, 3.63) is 28.3 Å². The van der Waals surface area contributed by atoms with Gasteiger partial charge >= 0.3 is 0 Å². The van der Waals surface area contributed by atoms with Crippen molar-refractivity contribution in [3.8, 4) is 0 Å². The van der Waals surface area contributed by atoms with Gasteiger partial charge in [0.15, 0.2) is 5.65 Å². The van der Waals surface area contributed by atoms with Crippen molar-refractivity contribution in [1.82, 2.24) is 20.2 Å². The van der Waals surface area contributed by atoms with Gasteiger partial charge in [0.1, 0.15) is 5.52 Å². The van der Waals surface area contributed by atoms with Crippen molar-refractivity contribution in [2.24, 2.45) is 0 Å². The van der Waals surface area contributed by atoms with E-state index in [-0.39, 0.29) is 11.6 Å². The Balaban J connectivity index is 2.41. The van der Waals surface area contributed by atoms with Crippen LogP contribution < -0.4 is 5.73 Å². The second-order valence-electron chi connectivity index (χ2n) is 3.48. The van der Waals surface area contributed by atoms with Crippen LogP contribution >= 0.6 is 0 Å². The van der Waals surface area contributed by atoms with Crippen molar-refractivity contribution < 1.29 is 4.92 Å². The van der Waals surface area contributed by atoms with E-state index in [0.717, 1.165) is 0 Å². The minimum Gasteiger partial charge on any atom is -0.366 e. The first-order chi connectivity index (χ1) is 8.15. The SMILES string of the molecule is Nc1nnc2c(n1)[nH]c1ccc([N+](=O)[O-])cc12. The quantitative estimate of drug-likeness (QED) is 0.474. The maximum absolute atomic E-state index is 10.7. The van der Waals surface area contributed by atoms with E-state index in [4.69, 9.17) is 5.73 Å². The van der Waals surface area contributed by atoms with Gasteiger partial charge in [-0.1, -0.05) is 0 Å². The fourth-order valence-corrected chi connectivity index (χ4v) is 1.69. The predicted octanol–water partition coefficient (Wildman–Crippen LogP) is 0.996. The fraction of sp³-hybridized carbons (Fsp3) is 0. The Morgan fingerprint density at radius 1 is 1.35 bits per heavy atom. The van der Waals surface area contributed by atoms with E-state index in [9.17, 15) is 10.1 Å². The molecule has 3 aromatic rings. The number of nitro benzene ring substituents is 1. The largest absolute Gasteiger partial charge is 0.366 e. The van der Waals surface area contributed by atoms with Crippen molar-refractivity contribution in [3.63, 3.8) is 0 Å². The van der Waals surface area contributed by atoms with Gasteiger partial charge in [0.2, 0.25) is 5.95 Å². The number of nitrogen functional groups attached to an aromatic ring is 1. The molecule has 0 amide bonds. The molecule has 3 rings (SSSR count). The maximum Gasteiger partial charge on any atom is 0.270 e. The summed E-state index contributed by atoms with van der Waals surface area (Å²) in [4.78, 5) is 17.2. The summed E-state index contributed by atoms with van der Waals surface area (Å²) in [5.74, 6) is 0.0542. The number of H-pyrrole nitrogens is 1. The van der Waals surface area contributed by atoms with E-state index in [1.165, 1.54) is 12.1 Å². The molecular weight excluding hydrogens is 224 g/mol. The third-order valence-electron chi connectivity index (χ3n) is 2.43. The number of fused-ring (bicyclic) bond motifs is 3. The van der Waals surface area contributed by atoms with E-state index < -0.39 is 4.92 Å². The summed E-state index contributed by atoms with van der Waals surface area (Å²) in [7, 11) is 0. The topological polar surface area (TPSA) is 124 Å². The second-order valence-corrected chi connectivity index (χ2v) is 3.48. The van der Waals surface area contributed by atoms with E-state index in [1.807, 2.05) is 0 Å².